The van der Waals surface area contributed by atoms with Crippen molar-refractivity contribution in [3.05, 3.63) is 0 Å². The van der Waals surface area contributed by atoms with Gasteiger partial charge in [0, 0.05) is 45.3 Å². The van der Waals surface area contributed by atoms with Crippen LogP contribution in [0.5, 0.6) is 0 Å². The van der Waals surface area contributed by atoms with Gasteiger partial charge in [0.1, 0.15) is 0 Å². The average molecular weight is 425 g/mol. The second-order valence-electron chi connectivity index (χ2n) is 6.52. The summed E-state index contributed by atoms with van der Waals surface area (Å²) in [5, 5.41) is 6.76. The maximum Gasteiger partial charge on any atom is 0.191 e. The highest BCUT2D eigenvalue weighted by Crippen LogP contribution is 2.05. The number of nitrogens with one attached hydrogen (secondary N) is 2. The second kappa shape index (κ2) is 12.4. The van der Waals surface area contributed by atoms with Crippen LogP contribution >= 0.6 is 24.0 Å². The highest BCUT2D eigenvalue weighted by Gasteiger charge is 2.18. The molecule has 1 aliphatic heterocycles. The molecule has 0 spiro atoms. The predicted molar refractivity (Wildman–Crippen MR) is 107 cm³/mol. The zero-order chi connectivity index (χ0) is 15.7. The topological polar surface area (TPSA) is 42.9 Å². The van der Waals surface area contributed by atoms with E-state index in [0.29, 0.717) is 6.04 Å². The molecular weight excluding hydrogens is 389 g/mol. The van der Waals surface area contributed by atoms with Crippen LogP contribution in [0.15, 0.2) is 4.99 Å². The first-order valence-electron chi connectivity index (χ1n) is 8.47. The molecular formula is C16H36IN5. The minimum absolute atomic E-state index is 0. The molecule has 0 radical (unpaired) electrons. The summed E-state index contributed by atoms with van der Waals surface area (Å²) in [5.41, 5.74) is 0. The number of hydrogen-bond donors (Lipinski definition) is 2. The van der Waals surface area contributed by atoms with Gasteiger partial charge in [0.25, 0.3) is 0 Å². The number of halogens is 1. The van der Waals surface area contributed by atoms with E-state index >= 15 is 0 Å². The molecule has 132 valence electrons. The Bertz CT molecular complexity index is 301. The van der Waals surface area contributed by atoms with Gasteiger partial charge in [-0.25, -0.2) is 0 Å². The lowest BCUT2D eigenvalue weighted by atomic mass is 10.1. The van der Waals surface area contributed by atoms with Gasteiger partial charge in [0.05, 0.1) is 6.54 Å². The van der Waals surface area contributed by atoms with Crippen LogP contribution in [0.3, 0.4) is 0 Å². The van der Waals surface area contributed by atoms with Crippen LogP contribution in [0.1, 0.15) is 34.1 Å². The number of hydrogen-bond acceptors (Lipinski definition) is 3. The van der Waals surface area contributed by atoms with Crippen molar-refractivity contribution in [1.82, 2.24) is 20.4 Å². The first-order valence-corrected chi connectivity index (χ1v) is 8.47. The van der Waals surface area contributed by atoms with Crippen LogP contribution in [0.2, 0.25) is 0 Å². The van der Waals surface area contributed by atoms with E-state index in [1.54, 1.807) is 0 Å². The zero-order valence-electron chi connectivity index (χ0n) is 15.1. The fourth-order valence-corrected chi connectivity index (χ4v) is 2.42. The second-order valence-corrected chi connectivity index (χ2v) is 6.52. The number of piperazine rings is 1. The molecule has 1 atom stereocenters. The van der Waals surface area contributed by atoms with Gasteiger partial charge < -0.3 is 15.5 Å². The fraction of sp³-hybridized carbons (Fsp3) is 0.938. The fourth-order valence-electron chi connectivity index (χ4n) is 2.42. The molecule has 0 bridgehead atoms. The van der Waals surface area contributed by atoms with Crippen LogP contribution < -0.4 is 10.6 Å². The number of rotatable bonds is 7. The predicted octanol–water partition coefficient (Wildman–Crippen LogP) is 1.84. The van der Waals surface area contributed by atoms with Crippen molar-refractivity contribution in [2.24, 2.45) is 10.9 Å². The Kier molecular flexibility index (Phi) is 12.3. The summed E-state index contributed by atoms with van der Waals surface area (Å²) in [6.45, 7) is 16.3. The lowest BCUT2D eigenvalue weighted by Crippen LogP contribution is -2.49. The van der Waals surface area contributed by atoms with Crippen molar-refractivity contribution in [3.63, 3.8) is 0 Å². The van der Waals surface area contributed by atoms with Crippen LogP contribution in [0.4, 0.5) is 0 Å². The quantitative estimate of drug-likeness (QED) is 0.371. The lowest BCUT2D eigenvalue weighted by molar-refractivity contribution is 0.122. The molecule has 1 fully saturated rings. The van der Waals surface area contributed by atoms with Crippen LogP contribution in [-0.2, 0) is 0 Å². The van der Waals surface area contributed by atoms with Crippen molar-refractivity contribution in [3.8, 4) is 0 Å². The molecule has 0 saturated carbocycles. The molecule has 22 heavy (non-hydrogen) atoms. The van der Waals surface area contributed by atoms with Gasteiger partial charge >= 0.3 is 0 Å². The Labute approximate surface area is 154 Å². The Morgan fingerprint density at radius 2 is 1.73 bits per heavy atom. The molecule has 1 heterocycles. The van der Waals surface area contributed by atoms with E-state index in [1.165, 1.54) is 19.5 Å². The Morgan fingerprint density at radius 1 is 1.09 bits per heavy atom. The van der Waals surface area contributed by atoms with Crippen molar-refractivity contribution in [2.45, 2.75) is 40.2 Å². The highest BCUT2D eigenvalue weighted by atomic mass is 127. The van der Waals surface area contributed by atoms with E-state index in [0.717, 1.165) is 44.6 Å². The Balaban J connectivity index is 0.00000441. The third-order valence-corrected chi connectivity index (χ3v) is 4.03. The summed E-state index contributed by atoms with van der Waals surface area (Å²) >= 11 is 0. The van der Waals surface area contributed by atoms with Gasteiger partial charge in [0.15, 0.2) is 5.96 Å². The summed E-state index contributed by atoms with van der Waals surface area (Å²) in [7, 11) is 2.20. The SMILES string of the molecule is CCNC(=NCC(C)N1CCN(C)CC1)NCCC(C)C.I. The third-order valence-electron chi connectivity index (χ3n) is 4.03. The van der Waals surface area contributed by atoms with E-state index < -0.39 is 0 Å². The maximum absolute atomic E-state index is 4.74. The highest BCUT2D eigenvalue weighted by molar-refractivity contribution is 14.0. The van der Waals surface area contributed by atoms with E-state index in [1.807, 2.05) is 0 Å². The van der Waals surface area contributed by atoms with Crippen LogP contribution in [0.25, 0.3) is 0 Å². The molecule has 0 amide bonds. The van der Waals surface area contributed by atoms with E-state index in [-0.39, 0.29) is 24.0 Å². The van der Waals surface area contributed by atoms with Crippen molar-refractivity contribution in [1.29, 1.82) is 0 Å². The van der Waals surface area contributed by atoms with E-state index in [2.05, 4.69) is 55.2 Å². The average Bonchev–Trinajstić information content (AvgIpc) is 2.44. The standard InChI is InChI=1S/C16H35N5.HI/c1-6-17-16(18-8-7-14(2)3)19-13-15(4)21-11-9-20(5)10-12-21;/h14-15H,6-13H2,1-5H3,(H2,17,18,19);1H. The molecule has 1 unspecified atom stereocenters. The summed E-state index contributed by atoms with van der Waals surface area (Å²) in [6.07, 6.45) is 1.18. The molecule has 0 aromatic heterocycles. The third kappa shape index (κ3) is 9.15. The van der Waals surface area contributed by atoms with Crippen LogP contribution in [-0.4, -0.2) is 74.7 Å². The van der Waals surface area contributed by atoms with Gasteiger partial charge in [-0.1, -0.05) is 13.8 Å². The van der Waals surface area contributed by atoms with Gasteiger partial charge in [-0.2, -0.15) is 0 Å². The minimum atomic E-state index is 0. The van der Waals surface area contributed by atoms with Gasteiger partial charge in [-0.3, -0.25) is 9.89 Å². The first kappa shape index (κ1) is 21.9. The van der Waals surface area contributed by atoms with E-state index in [4.69, 9.17) is 4.99 Å². The number of guanidine groups is 1. The largest absolute Gasteiger partial charge is 0.357 e. The van der Waals surface area contributed by atoms with Crippen molar-refractivity contribution < 1.29 is 0 Å². The Morgan fingerprint density at radius 3 is 2.27 bits per heavy atom. The summed E-state index contributed by atoms with van der Waals surface area (Å²) in [4.78, 5) is 9.68. The monoisotopic (exact) mass is 425 g/mol. The number of likely N-dealkylation sites (N-methyl/N-ethyl adjacent to an activating group) is 1. The summed E-state index contributed by atoms with van der Waals surface area (Å²) in [6, 6.07) is 0.513. The molecule has 1 aliphatic rings. The van der Waals surface area contributed by atoms with Gasteiger partial charge in [-0.05, 0) is 33.2 Å². The summed E-state index contributed by atoms with van der Waals surface area (Å²) in [5.74, 6) is 1.68. The normalized spacial score (nSPS) is 18.9. The minimum Gasteiger partial charge on any atom is -0.357 e. The molecule has 0 aromatic carbocycles. The Hall–Kier alpha value is -0.0800. The molecule has 1 saturated heterocycles. The van der Waals surface area contributed by atoms with Gasteiger partial charge in [0.2, 0.25) is 0 Å². The lowest BCUT2D eigenvalue weighted by Gasteiger charge is -2.35. The maximum atomic E-state index is 4.74. The first-order chi connectivity index (χ1) is 10.0. The van der Waals surface area contributed by atoms with Gasteiger partial charge in [-0.15, -0.1) is 24.0 Å². The molecule has 6 heteroatoms. The van der Waals surface area contributed by atoms with Crippen molar-refractivity contribution in [2.75, 3.05) is 52.9 Å². The molecule has 2 N–H and O–H groups in total. The molecule has 0 aliphatic carbocycles. The van der Waals surface area contributed by atoms with Crippen LogP contribution in [0, 0.1) is 5.92 Å². The molecule has 1 rings (SSSR count). The van der Waals surface area contributed by atoms with E-state index in [9.17, 15) is 0 Å². The number of aliphatic imine (C=N–C) groups is 1. The number of nitrogens with zero attached hydrogens (tertiary/aromatic N) is 3. The smallest absolute Gasteiger partial charge is 0.191 e. The zero-order valence-corrected chi connectivity index (χ0v) is 17.4. The summed E-state index contributed by atoms with van der Waals surface area (Å²) < 4.78 is 0. The molecule has 0 aromatic rings. The van der Waals surface area contributed by atoms with Crippen molar-refractivity contribution >= 4 is 29.9 Å². The molecule has 5 nitrogen and oxygen atoms in total.